The fourth-order valence-corrected chi connectivity index (χ4v) is 5.86. The summed E-state index contributed by atoms with van der Waals surface area (Å²) in [5.41, 5.74) is 2.26. The number of fused-ring (bicyclic) bond motifs is 1. The van der Waals surface area contributed by atoms with Gasteiger partial charge >= 0.3 is 0 Å². The molecule has 2 aromatic carbocycles. The fraction of sp³-hybridized carbons (Fsp3) is 0.615. The predicted molar refractivity (Wildman–Crippen MR) is 114 cm³/mol. The summed E-state index contributed by atoms with van der Waals surface area (Å²) in [4.78, 5) is 0. The topological polar surface area (TPSA) is 0 Å². The Balaban J connectivity index is 1.43. The number of hydrogen-bond donors (Lipinski definition) is 0. The normalized spacial score (nSPS) is 29.1. The van der Waals surface area contributed by atoms with Gasteiger partial charge in [0.15, 0.2) is 0 Å². The van der Waals surface area contributed by atoms with Crippen molar-refractivity contribution in [3.8, 4) is 0 Å². The molecule has 0 saturated heterocycles. The summed E-state index contributed by atoms with van der Waals surface area (Å²) in [5.74, 6) is 3.29. The lowest BCUT2D eigenvalue weighted by Gasteiger charge is -2.38. The van der Waals surface area contributed by atoms with Gasteiger partial charge < -0.3 is 0 Å². The van der Waals surface area contributed by atoms with Gasteiger partial charge in [0.1, 0.15) is 5.82 Å². The van der Waals surface area contributed by atoms with Gasteiger partial charge in [-0.15, -0.1) is 0 Å². The zero-order valence-corrected chi connectivity index (χ0v) is 17.1. The molecule has 0 nitrogen and oxygen atoms in total. The maximum atomic E-state index is 15.2. The Bertz CT molecular complexity index is 761. The van der Waals surface area contributed by atoms with E-state index in [1.807, 2.05) is 6.07 Å². The molecule has 0 radical (unpaired) electrons. The minimum Gasteiger partial charge on any atom is -0.206 e. The van der Waals surface area contributed by atoms with E-state index in [9.17, 15) is 0 Å². The zero-order chi connectivity index (χ0) is 18.8. The number of hydrogen-bond acceptors (Lipinski definition) is 0. The maximum absolute atomic E-state index is 15.2. The van der Waals surface area contributed by atoms with Crippen LogP contribution in [-0.4, -0.2) is 0 Å². The molecule has 27 heavy (non-hydrogen) atoms. The van der Waals surface area contributed by atoms with Crippen LogP contribution < -0.4 is 0 Å². The van der Waals surface area contributed by atoms with Crippen molar-refractivity contribution in [1.29, 1.82) is 0 Å². The van der Waals surface area contributed by atoms with Gasteiger partial charge in [-0.3, -0.25) is 0 Å². The summed E-state index contributed by atoms with van der Waals surface area (Å²) in [6, 6.07) is 10.4. The summed E-state index contributed by atoms with van der Waals surface area (Å²) in [6.45, 7) is 4.50. The Labute approximate surface area is 164 Å². The molecule has 0 spiro atoms. The van der Waals surface area contributed by atoms with Gasteiger partial charge in [0.25, 0.3) is 0 Å². The minimum atomic E-state index is 0.0436. The second-order valence-electron chi connectivity index (χ2n) is 9.18. The Morgan fingerprint density at radius 3 is 2.11 bits per heavy atom. The Hall–Kier alpha value is -1.37. The molecule has 0 bridgehead atoms. The molecule has 0 heterocycles. The molecular formula is C26H35F. The molecule has 0 N–H and O–H groups in total. The lowest BCUT2D eigenvalue weighted by Crippen LogP contribution is -2.25. The van der Waals surface area contributed by atoms with Crippen molar-refractivity contribution in [1.82, 2.24) is 0 Å². The van der Waals surface area contributed by atoms with Crippen LogP contribution in [0.5, 0.6) is 0 Å². The third-order valence-corrected chi connectivity index (χ3v) is 7.80. The molecule has 4 rings (SSSR count). The standard InChI is InChI=1S/C26H35F/c1-3-18-5-8-20(9-6-18)21-10-12-22(13-11-21)24-16-14-23-17-19(4-2)7-15-25(23)26(24)27/h7,14-18,20-22H,3-6,8-13H2,1-2H3. The van der Waals surface area contributed by atoms with E-state index in [1.165, 1.54) is 63.4 Å². The summed E-state index contributed by atoms with van der Waals surface area (Å²) < 4.78 is 15.2. The van der Waals surface area contributed by atoms with Crippen molar-refractivity contribution in [3.05, 3.63) is 47.3 Å². The average molecular weight is 367 g/mol. The van der Waals surface area contributed by atoms with Crippen LogP contribution in [0, 0.1) is 23.6 Å². The van der Waals surface area contributed by atoms with E-state index in [2.05, 4.69) is 38.1 Å². The van der Waals surface area contributed by atoms with Crippen LogP contribution >= 0.6 is 0 Å². The second kappa shape index (κ2) is 8.33. The van der Waals surface area contributed by atoms with Gasteiger partial charge in [0, 0.05) is 5.39 Å². The van der Waals surface area contributed by atoms with Gasteiger partial charge in [-0.1, -0.05) is 63.4 Å². The molecule has 2 aromatic rings. The van der Waals surface area contributed by atoms with E-state index >= 15 is 4.39 Å². The summed E-state index contributed by atoms with van der Waals surface area (Å²) >= 11 is 0. The molecule has 2 fully saturated rings. The lowest BCUT2D eigenvalue weighted by atomic mass is 9.68. The smallest absolute Gasteiger partial charge is 0.134 e. The van der Waals surface area contributed by atoms with Crippen molar-refractivity contribution in [2.24, 2.45) is 17.8 Å². The number of halogens is 1. The van der Waals surface area contributed by atoms with Crippen LogP contribution in [0.3, 0.4) is 0 Å². The van der Waals surface area contributed by atoms with Crippen molar-refractivity contribution in [2.45, 2.75) is 84.0 Å². The average Bonchev–Trinajstić information content (AvgIpc) is 2.74. The first-order valence-corrected chi connectivity index (χ1v) is 11.4. The van der Waals surface area contributed by atoms with E-state index in [1.54, 1.807) is 0 Å². The summed E-state index contributed by atoms with van der Waals surface area (Å²) in [5, 5.41) is 1.86. The van der Waals surface area contributed by atoms with E-state index < -0.39 is 0 Å². The third kappa shape index (κ3) is 3.93. The second-order valence-corrected chi connectivity index (χ2v) is 9.18. The monoisotopic (exact) mass is 366 g/mol. The fourth-order valence-electron chi connectivity index (χ4n) is 5.86. The highest BCUT2D eigenvalue weighted by atomic mass is 19.1. The number of rotatable bonds is 4. The molecule has 0 atom stereocenters. The predicted octanol–water partition coefficient (Wildman–Crippen LogP) is 8.03. The van der Waals surface area contributed by atoms with Gasteiger partial charge in [-0.2, -0.15) is 0 Å². The molecule has 0 unspecified atom stereocenters. The Morgan fingerprint density at radius 2 is 1.48 bits per heavy atom. The molecule has 146 valence electrons. The highest BCUT2D eigenvalue weighted by molar-refractivity contribution is 5.84. The zero-order valence-electron chi connectivity index (χ0n) is 17.1. The van der Waals surface area contributed by atoms with Crippen LogP contribution in [0.15, 0.2) is 30.3 Å². The molecule has 0 amide bonds. The minimum absolute atomic E-state index is 0.0436. The van der Waals surface area contributed by atoms with Crippen LogP contribution in [0.2, 0.25) is 0 Å². The summed E-state index contributed by atoms with van der Waals surface area (Å²) in [6.07, 6.45) is 13.1. The molecule has 0 aromatic heterocycles. The van der Waals surface area contributed by atoms with Gasteiger partial charge in [0.05, 0.1) is 0 Å². The van der Waals surface area contributed by atoms with Crippen molar-refractivity contribution in [3.63, 3.8) is 0 Å². The first-order valence-electron chi connectivity index (χ1n) is 11.4. The van der Waals surface area contributed by atoms with Crippen LogP contribution in [0.1, 0.15) is 88.7 Å². The molecular weight excluding hydrogens is 331 g/mol. The summed E-state index contributed by atoms with van der Waals surface area (Å²) in [7, 11) is 0. The maximum Gasteiger partial charge on any atom is 0.134 e. The number of aryl methyl sites for hydroxylation is 1. The Morgan fingerprint density at radius 1 is 0.815 bits per heavy atom. The largest absolute Gasteiger partial charge is 0.206 e. The van der Waals surface area contributed by atoms with E-state index in [-0.39, 0.29) is 5.82 Å². The third-order valence-electron chi connectivity index (χ3n) is 7.80. The van der Waals surface area contributed by atoms with Crippen LogP contribution in [0.4, 0.5) is 4.39 Å². The van der Waals surface area contributed by atoms with Crippen LogP contribution in [-0.2, 0) is 6.42 Å². The van der Waals surface area contributed by atoms with Crippen molar-refractivity contribution in [2.75, 3.05) is 0 Å². The molecule has 2 aliphatic carbocycles. The highest BCUT2D eigenvalue weighted by Gasteiger charge is 2.31. The van der Waals surface area contributed by atoms with Crippen molar-refractivity contribution < 1.29 is 4.39 Å². The lowest BCUT2D eigenvalue weighted by molar-refractivity contribution is 0.158. The Kier molecular flexibility index (Phi) is 5.85. The highest BCUT2D eigenvalue weighted by Crippen LogP contribution is 2.45. The molecule has 2 aliphatic rings. The first kappa shape index (κ1) is 19.0. The van der Waals surface area contributed by atoms with E-state index in [0.717, 1.165) is 40.5 Å². The van der Waals surface area contributed by atoms with Gasteiger partial charge in [-0.25, -0.2) is 4.39 Å². The number of benzene rings is 2. The van der Waals surface area contributed by atoms with E-state index in [4.69, 9.17) is 0 Å². The quantitative estimate of drug-likeness (QED) is 0.513. The first-order chi connectivity index (χ1) is 13.2. The van der Waals surface area contributed by atoms with Crippen molar-refractivity contribution >= 4 is 10.8 Å². The van der Waals surface area contributed by atoms with E-state index in [0.29, 0.717) is 5.92 Å². The molecule has 0 aliphatic heterocycles. The van der Waals surface area contributed by atoms with Gasteiger partial charge in [-0.05, 0) is 85.1 Å². The van der Waals surface area contributed by atoms with Crippen LogP contribution in [0.25, 0.3) is 10.8 Å². The van der Waals surface area contributed by atoms with Gasteiger partial charge in [0.2, 0.25) is 0 Å². The SMILES string of the molecule is CCc1ccc2c(F)c(C3CCC(C4CCC(CC)CC4)CC3)ccc2c1. The molecule has 1 heteroatoms. The molecule has 2 saturated carbocycles.